The number of benzene rings is 2. The third kappa shape index (κ3) is 2.53. The van der Waals surface area contributed by atoms with E-state index < -0.39 is 0 Å². The van der Waals surface area contributed by atoms with Gasteiger partial charge in [0.05, 0.1) is 11.0 Å². The second-order valence-corrected chi connectivity index (χ2v) is 7.06. The maximum atomic E-state index is 14.1. The summed E-state index contributed by atoms with van der Waals surface area (Å²) in [6.45, 7) is 0. The monoisotopic (exact) mass is 405 g/mol. The largest absolute Gasteiger partial charge is 0.326 e. The molecule has 0 spiro atoms. The molecule has 0 fully saturated rings. The van der Waals surface area contributed by atoms with E-state index >= 15 is 0 Å². The van der Waals surface area contributed by atoms with Crippen LogP contribution in [0.2, 0.25) is 0 Å². The van der Waals surface area contributed by atoms with Gasteiger partial charge in [0.1, 0.15) is 22.3 Å². The van der Waals surface area contributed by atoms with Gasteiger partial charge in [0, 0.05) is 22.5 Å². The van der Waals surface area contributed by atoms with Crippen molar-refractivity contribution in [3.05, 3.63) is 57.9 Å². The van der Waals surface area contributed by atoms with Crippen LogP contribution in [0.1, 0.15) is 0 Å². The molecule has 3 nitrogen and oxygen atoms in total. The lowest BCUT2D eigenvalue weighted by atomic mass is 10.2. The zero-order chi connectivity index (χ0) is 16.8. The molecule has 0 atom stereocenters. The summed E-state index contributed by atoms with van der Waals surface area (Å²) >= 11 is 4.59. The van der Waals surface area contributed by atoms with E-state index in [0.717, 1.165) is 0 Å². The summed E-state index contributed by atoms with van der Waals surface area (Å²) in [4.78, 5) is 9.01. The van der Waals surface area contributed by atoms with Crippen molar-refractivity contribution in [2.24, 2.45) is 7.05 Å². The standard InChI is InChI=1S/C17H10BrF2N3S/c1-23-15-7-10(19)3-5-13(15)21-16(23)14-8-24-17(22-14)11-4-2-9(18)6-12(11)20/h2-8H,1H3. The molecule has 120 valence electrons. The van der Waals surface area contributed by atoms with E-state index in [1.54, 1.807) is 22.8 Å². The molecule has 0 bridgehead atoms. The zero-order valence-electron chi connectivity index (χ0n) is 12.4. The number of thiazole rings is 1. The van der Waals surface area contributed by atoms with E-state index in [2.05, 4.69) is 25.9 Å². The minimum Gasteiger partial charge on any atom is -0.326 e. The topological polar surface area (TPSA) is 30.7 Å². The third-order valence-corrected chi connectivity index (χ3v) is 5.11. The highest BCUT2D eigenvalue weighted by molar-refractivity contribution is 9.10. The quantitative estimate of drug-likeness (QED) is 0.446. The summed E-state index contributed by atoms with van der Waals surface area (Å²) in [5.74, 6) is -0.0269. The number of imidazole rings is 1. The van der Waals surface area contributed by atoms with Crippen molar-refractivity contribution >= 4 is 38.3 Å². The maximum Gasteiger partial charge on any atom is 0.160 e. The van der Waals surface area contributed by atoms with Crippen LogP contribution < -0.4 is 0 Å². The molecule has 4 rings (SSSR count). The van der Waals surface area contributed by atoms with Gasteiger partial charge in [-0.1, -0.05) is 15.9 Å². The number of aryl methyl sites for hydroxylation is 1. The van der Waals surface area contributed by atoms with E-state index in [1.165, 1.54) is 29.5 Å². The van der Waals surface area contributed by atoms with Gasteiger partial charge in [-0.2, -0.15) is 0 Å². The summed E-state index contributed by atoms with van der Waals surface area (Å²) in [5, 5.41) is 2.40. The Morgan fingerprint density at radius 1 is 1.08 bits per heavy atom. The number of halogens is 3. The van der Waals surface area contributed by atoms with Crippen LogP contribution in [0.15, 0.2) is 46.3 Å². The van der Waals surface area contributed by atoms with Crippen molar-refractivity contribution in [3.63, 3.8) is 0 Å². The number of fused-ring (bicyclic) bond motifs is 1. The molecule has 0 amide bonds. The Morgan fingerprint density at radius 3 is 2.71 bits per heavy atom. The van der Waals surface area contributed by atoms with Crippen LogP contribution in [0.4, 0.5) is 8.78 Å². The highest BCUT2D eigenvalue weighted by atomic mass is 79.9. The van der Waals surface area contributed by atoms with Crippen LogP contribution in [0, 0.1) is 11.6 Å². The molecule has 0 unspecified atom stereocenters. The first-order valence-corrected chi connectivity index (χ1v) is 8.73. The normalized spacial score (nSPS) is 11.3. The van der Waals surface area contributed by atoms with Crippen molar-refractivity contribution in [2.75, 3.05) is 0 Å². The lowest BCUT2D eigenvalue weighted by molar-refractivity contribution is 0.628. The fraction of sp³-hybridized carbons (Fsp3) is 0.0588. The Morgan fingerprint density at radius 2 is 1.92 bits per heavy atom. The van der Waals surface area contributed by atoms with Gasteiger partial charge in [0.25, 0.3) is 0 Å². The van der Waals surface area contributed by atoms with Crippen LogP contribution >= 0.6 is 27.3 Å². The summed E-state index contributed by atoms with van der Waals surface area (Å²) in [6.07, 6.45) is 0. The molecule has 0 aliphatic rings. The molecule has 0 saturated carbocycles. The second kappa shape index (κ2) is 5.75. The van der Waals surface area contributed by atoms with Crippen LogP contribution in [-0.2, 0) is 7.05 Å². The number of rotatable bonds is 2. The first-order valence-electron chi connectivity index (χ1n) is 7.06. The van der Waals surface area contributed by atoms with Crippen LogP contribution in [0.25, 0.3) is 33.1 Å². The van der Waals surface area contributed by atoms with Gasteiger partial charge < -0.3 is 4.57 Å². The molecular weight excluding hydrogens is 396 g/mol. The zero-order valence-corrected chi connectivity index (χ0v) is 14.8. The lowest BCUT2D eigenvalue weighted by Crippen LogP contribution is -1.93. The molecule has 2 aromatic heterocycles. The predicted molar refractivity (Wildman–Crippen MR) is 94.9 cm³/mol. The van der Waals surface area contributed by atoms with Crippen molar-refractivity contribution in [3.8, 4) is 22.1 Å². The van der Waals surface area contributed by atoms with Gasteiger partial charge >= 0.3 is 0 Å². The first-order chi connectivity index (χ1) is 11.5. The third-order valence-electron chi connectivity index (χ3n) is 3.74. The Hall–Kier alpha value is -2.12. The molecule has 2 heterocycles. The fourth-order valence-corrected chi connectivity index (χ4v) is 3.71. The van der Waals surface area contributed by atoms with Gasteiger partial charge in [0.15, 0.2) is 5.82 Å². The van der Waals surface area contributed by atoms with Crippen molar-refractivity contribution in [1.29, 1.82) is 0 Å². The first kappa shape index (κ1) is 15.4. The molecule has 0 aliphatic heterocycles. The SMILES string of the molecule is Cn1c(-c2csc(-c3ccc(Br)cc3F)n2)nc2ccc(F)cc21. The number of nitrogens with zero attached hydrogens (tertiary/aromatic N) is 3. The smallest absolute Gasteiger partial charge is 0.160 e. The van der Waals surface area contributed by atoms with Gasteiger partial charge in [-0.15, -0.1) is 11.3 Å². The van der Waals surface area contributed by atoms with Crippen molar-refractivity contribution in [1.82, 2.24) is 14.5 Å². The van der Waals surface area contributed by atoms with E-state index in [-0.39, 0.29) is 11.6 Å². The van der Waals surface area contributed by atoms with Gasteiger partial charge in [-0.3, -0.25) is 0 Å². The molecule has 0 radical (unpaired) electrons. The summed E-state index contributed by atoms with van der Waals surface area (Å²) in [6, 6.07) is 9.32. The van der Waals surface area contributed by atoms with Crippen LogP contribution in [-0.4, -0.2) is 14.5 Å². The molecule has 0 aliphatic carbocycles. The van der Waals surface area contributed by atoms with Crippen molar-refractivity contribution < 1.29 is 8.78 Å². The maximum absolute atomic E-state index is 14.1. The van der Waals surface area contributed by atoms with Crippen LogP contribution in [0.5, 0.6) is 0 Å². The Labute approximate surface area is 148 Å². The highest BCUT2D eigenvalue weighted by Crippen LogP contribution is 2.32. The number of hydrogen-bond donors (Lipinski definition) is 0. The molecular formula is C17H10BrF2N3S. The van der Waals surface area contributed by atoms with Gasteiger partial charge in [-0.25, -0.2) is 18.7 Å². The van der Waals surface area contributed by atoms with E-state index in [0.29, 0.717) is 37.6 Å². The minimum absolute atomic E-state index is 0.312. The average Bonchev–Trinajstić information content (AvgIpc) is 3.13. The van der Waals surface area contributed by atoms with Gasteiger partial charge in [0.2, 0.25) is 0 Å². The van der Waals surface area contributed by atoms with Crippen molar-refractivity contribution in [2.45, 2.75) is 0 Å². The minimum atomic E-state index is -0.336. The van der Waals surface area contributed by atoms with E-state index in [9.17, 15) is 8.78 Å². The Bertz CT molecular complexity index is 1070. The second-order valence-electron chi connectivity index (χ2n) is 5.29. The Kier molecular flexibility index (Phi) is 3.69. The summed E-state index contributed by atoms with van der Waals surface area (Å²) in [5.41, 5.74) is 2.46. The molecule has 0 saturated heterocycles. The lowest BCUT2D eigenvalue weighted by Gasteiger charge is -2.00. The highest BCUT2D eigenvalue weighted by Gasteiger charge is 2.16. The number of hydrogen-bond acceptors (Lipinski definition) is 3. The average molecular weight is 406 g/mol. The fourth-order valence-electron chi connectivity index (χ4n) is 2.56. The predicted octanol–water partition coefficient (Wildman–Crippen LogP) is 5.40. The Balaban J connectivity index is 1.82. The van der Waals surface area contributed by atoms with E-state index in [4.69, 9.17) is 0 Å². The molecule has 24 heavy (non-hydrogen) atoms. The van der Waals surface area contributed by atoms with Crippen LogP contribution in [0.3, 0.4) is 0 Å². The summed E-state index contributed by atoms with van der Waals surface area (Å²) in [7, 11) is 1.81. The number of aromatic nitrogens is 3. The van der Waals surface area contributed by atoms with Gasteiger partial charge in [-0.05, 0) is 36.4 Å². The summed E-state index contributed by atoms with van der Waals surface area (Å²) < 4.78 is 30.0. The molecule has 2 aromatic carbocycles. The molecule has 7 heteroatoms. The molecule has 0 N–H and O–H groups in total. The van der Waals surface area contributed by atoms with E-state index in [1.807, 2.05) is 12.4 Å². The molecule has 4 aromatic rings.